The topological polar surface area (TPSA) is 64.0 Å². The molecule has 8 heteroatoms. The Hall–Kier alpha value is -6.23. The van der Waals surface area contributed by atoms with E-state index in [2.05, 4.69) is 139 Å². The Morgan fingerprint density at radius 2 is 1.07 bits per heavy atom. The van der Waals surface area contributed by atoms with Gasteiger partial charge in [-0.3, -0.25) is 0 Å². The molecule has 68 heavy (non-hydrogen) atoms. The van der Waals surface area contributed by atoms with E-state index in [9.17, 15) is 0 Å². The molecule has 0 radical (unpaired) electrons. The van der Waals surface area contributed by atoms with Crippen LogP contribution in [0.5, 0.6) is 11.5 Å². The molecule has 4 bridgehead atoms. The van der Waals surface area contributed by atoms with Crippen LogP contribution >= 0.6 is 0 Å². The first-order chi connectivity index (χ1) is 33.1. The molecule has 2 heterocycles. The van der Waals surface area contributed by atoms with Gasteiger partial charge >= 0.3 is 407 Å². The van der Waals surface area contributed by atoms with E-state index in [1.807, 2.05) is 60.7 Å². The maximum atomic E-state index is 16.5. The second-order valence-corrected chi connectivity index (χ2v) is 25.8. The van der Waals surface area contributed by atoms with Crippen LogP contribution in [0.4, 0.5) is 11.4 Å². The molecule has 0 amide bonds. The number of fused-ring (bicyclic) bond motifs is 7. The minimum atomic E-state index is -5.72. The summed E-state index contributed by atoms with van der Waals surface area (Å²) in [5.74, 6) is 3.03. The average molecular weight is 1010 g/mol. The van der Waals surface area contributed by atoms with Gasteiger partial charge in [-0.1, -0.05) is 0 Å². The van der Waals surface area contributed by atoms with E-state index in [1.165, 1.54) is 19.3 Å². The number of carbonyl (C=O) groups excluding carboxylic acids is 2. The van der Waals surface area contributed by atoms with Gasteiger partial charge in [0.25, 0.3) is 0 Å². The van der Waals surface area contributed by atoms with E-state index in [0.29, 0.717) is 46.9 Å². The number of rotatable bonds is 9. The van der Waals surface area contributed by atoms with Gasteiger partial charge < -0.3 is 0 Å². The third kappa shape index (κ3) is 7.08. The van der Waals surface area contributed by atoms with E-state index in [0.717, 1.165) is 92.5 Å². The van der Waals surface area contributed by atoms with E-state index >= 15 is 9.59 Å². The van der Waals surface area contributed by atoms with Gasteiger partial charge in [-0.15, -0.1) is 0 Å². The fourth-order valence-corrected chi connectivity index (χ4v) is 18.6. The predicted molar refractivity (Wildman–Crippen MR) is 270 cm³/mol. The van der Waals surface area contributed by atoms with Crippen molar-refractivity contribution in [1.29, 1.82) is 0 Å². The fraction of sp³-hybridized carbons (Fsp3) is 0.267. The molecule has 13 rings (SSSR count). The van der Waals surface area contributed by atoms with Crippen LogP contribution in [0.1, 0.15) is 75.9 Å². The molecule has 1 aliphatic heterocycles. The van der Waals surface area contributed by atoms with E-state index in [4.69, 9.17) is 6.13 Å². The predicted octanol–water partition coefficient (Wildman–Crippen LogP) is 10.7. The standard InChI is InChI=1S/C60H57IN3O4/c1-39-29-49-48-23-11-14-24-51(48)63(28-27-62(3)4)54-31-40(2)32-55(64-52-25-15-12-21-46(52)47-22-13-16-26-53(47)64)57(54)68-61(58(65)44-17-7-5-8-18-44,59(66)45-19-9-6-10-20-45)67-56(49)50(30-39)60-36-41-33-42(37-60)35-43(34-41)38-60/h5-26,29-32,41-43H,27-28,33-38H2,1-4H3/q-1. The van der Waals surface area contributed by atoms with Gasteiger partial charge in [-0.25, -0.2) is 0 Å². The summed E-state index contributed by atoms with van der Waals surface area (Å²) in [6, 6.07) is 53.0. The van der Waals surface area contributed by atoms with Crippen molar-refractivity contribution in [3.63, 3.8) is 0 Å². The van der Waals surface area contributed by atoms with Crippen LogP contribution in [-0.2, 0) is 5.41 Å². The van der Waals surface area contributed by atoms with Crippen molar-refractivity contribution in [1.82, 2.24) is 9.47 Å². The third-order valence-electron chi connectivity index (χ3n) is 15.2. The van der Waals surface area contributed by atoms with Crippen LogP contribution in [-0.4, -0.2) is 44.2 Å². The molecule has 1 aromatic heterocycles. The van der Waals surface area contributed by atoms with Crippen molar-refractivity contribution in [2.45, 2.75) is 57.8 Å². The third-order valence-corrected chi connectivity index (χ3v) is 21.2. The molecular formula is C60H57IN3O4-. The van der Waals surface area contributed by atoms with E-state index in [-0.39, 0.29) is 13.0 Å². The first-order valence-corrected chi connectivity index (χ1v) is 28.2. The first-order valence-electron chi connectivity index (χ1n) is 24.2. The zero-order valence-electron chi connectivity index (χ0n) is 39.3. The number of nitrogens with zero attached hydrogens (tertiary/aromatic N) is 3. The second-order valence-electron chi connectivity index (χ2n) is 20.3. The Morgan fingerprint density at radius 1 is 0.574 bits per heavy atom. The summed E-state index contributed by atoms with van der Waals surface area (Å²) >= 11 is -5.72. The molecule has 7 nitrogen and oxygen atoms in total. The Morgan fingerprint density at radius 3 is 1.66 bits per heavy atom. The molecule has 0 N–H and O–H groups in total. The van der Waals surface area contributed by atoms with Crippen molar-refractivity contribution >= 4 is 40.8 Å². The van der Waals surface area contributed by atoms with Crippen molar-refractivity contribution < 1.29 is 35.0 Å². The molecule has 0 atom stereocenters. The Labute approximate surface area is 404 Å². The summed E-state index contributed by atoms with van der Waals surface area (Å²) in [7, 11) is 4.21. The van der Waals surface area contributed by atoms with Gasteiger partial charge in [0.05, 0.1) is 0 Å². The number of hydrogen-bond acceptors (Lipinski definition) is 6. The summed E-state index contributed by atoms with van der Waals surface area (Å²) in [6.45, 7) is 5.64. The van der Waals surface area contributed by atoms with Gasteiger partial charge in [0.1, 0.15) is 0 Å². The maximum absolute atomic E-state index is 16.5. The van der Waals surface area contributed by atoms with Gasteiger partial charge in [0, 0.05) is 0 Å². The minimum absolute atomic E-state index is 0.157. The van der Waals surface area contributed by atoms with E-state index in [1.54, 1.807) is 0 Å². The zero-order chi connectivity index (χ0) is 46.3. The van der Waals surface area contributed by atoms with Gasteiger partial charge in [-0.2, -0.15) is 0 Å². The van der Waals surface area contributed by atoms with Crippen LogP contribution in [0.15, 0.2) is 158 Å². The molecule has 0 unspecified atom stereocenters. The molecule has 0 saturated heterocycles. The number of carbonyl (C=O) groups is 2. The first kappa shape index (κ1) is 43.1. The second kappa shape index (κ2) is 16.8. The normalized spacial score (nSPS) is 21.7. The number of hydrogen-bond donors (Lipinski definition) is 0. The van der Waals surface area contributed by atoms with Crippen LogP contribution in [0.3, 0.4) is 0 Å². The molecule has 4 aliphatic carbocycles. The van der Waals surface area contributed by atoms with Crippen LogP contribution in [0.2, 0.25) is 0 Å². The van der Waals surface area contributed by atoms with Crippen molar-refractivity contribution in [3.8, 4) is 28.3 Å². The molecule has 0 spiro atoms. The fourth-order valence-electron chi connectivity index (χ4n) is 12.7. The number of halogens is 1. The van der Waals surface area contributed by atoms with Crippen LogP contribution in [0.25, 0.3) is 38.6 Å². The molecule has 7 aromatic carbocycles. The number of para-hydroxylation sites is 3. The number of anilines is 2. The Bertz CT molecular complexity index is 3150. The SMILES string of the molecule is Cc1cc2c(c(-n3c4ccccc4c4ccccc43)c1)O[I-](C(=O)c1ccccc1)(C(=O)c1ccccc1)Oc1c(cc(C)cc1C13CC4CC(CC(C4)C1)C3)-c1ccccc1N2CCN(C)C. The van der Waals surface area contributed by atoms with Gasteiger partial charge in [-0.05, 0) is 0 Å². The van der Waals surface area contributed by atoms with Crippen molar-refractivity contribution in [2.75, 3.05) is 32.1 Å². The summed E-state index contributed by atoms with van der Waals surface area (Å²) in [6.07, 6.45) is 7.07. The van der Waals surface area contributed by atoms with Crippen molar-refractivity contribution in [3.05, 3.63) is 186 Å². The molecule has 5 aliphatic rings. The Balaban J connectivity index is 1.24. The quantitative estimate of drug-likeness (QED) is 0.106. The van der Waals surface area contributed by atoms with Crippen molar-refractivity contribution in [2.24, 2.45) is 17.8 Å². The van der Waals surface area contributed by atoms with Gasteiger partial charge in [0.15, 0.2) is 0 Å². The van der Waals surface area contributed by atoms with Gasteiger partial charge in [0.2, 0.25) is 0 Å². The van der Waals surface area contributed by atoms with Crippen LogP contribution < -0.4 is 30.3 Å². The summed E-state index contributed by atoms with van der Waals surface area (Å²) in [5.41, 5.74) is 10.3. The van der Waals surface area contributed by atoms with E-state index < -0.39 is 19.3 Å². The number of aryl methyl sites for hydroxylation is 2. The zero-order valence-corrected chi connectivity index (χ0v) is 41.4. The molecule has 8 aromatic rings. The molecular weight excluding hydrogens is 954 g/mol. The molecule has 344 valence electrons. The average Bonchev–Trinajstić information content (AvgIpc) is 3.68. The molecule has 4 fully saturated rings. The van der Waals surface area contributed by atoms with Crippen LogP contribution in [0, 0.1) is 31.6 Å². The number of likely N-dealkylation sites (N-methyl/N-ethyl adjacent to an activating group) is 1. The monoisotopic (exact) mass is 1010 g/mol. The number of benzene rings is 7. The summed E-state index contributed by atoms with van der Waals surface area (Å²) < 4.78 is 17.5. The Kier molecular flexibility index (Phi) is 10.6. The number of aromatic nitrogens is 1. The molecule has 4 saturated carbocycles. The summed E-state index contributed by atoms with van der Waals surface area (Å²) in [4.78, 5) is 37.5. The summed E-state index contributed by atoms with van der Waals surface area (Å²) in [5, 5.41) is 2.20.